The number of hydrogen-bond donors (Lipinski definition) is 3. The average molecular weight is 209 g/mol. The Labute approximate surface area is 88.4 Å². The molecule has 0 aliphatic rings. The zero-order chi connectivity index (χ0) is 11.4. The number of benzene rings is 1. The molecule has 0 aliphatic carbocycles. The number of ether oxygens (including phenoxy) is 1. The molecule has 1 atom stereocenters. The first-order chi connectivity index (χ1) is 7.10. The molecule has 0 spiro atoms. The summed E-state index contributed by atoms with van der Waals surface area (Å²) in [5.74, 6) is 5.35. The maximum absolute atomic E-state index is 11.2. The molecule has 0 heterocycles. The van der Waals surface area contributed by atoms with E-state index in [0.717, 1.165) is 11.3 Å². The molecule has 0 saturated heterocycles. The summed E-state index contributed by atoms with van der Waals surface area (Å²) in [4.78, 5) is 11.2. The van der Waals surface area contributed by atoms with E-state index in [2.05, 4.69) is 0 Å². The van der Waals surface area contributed by atoms with Gasteiger partial charge in [-0.25, -0.2) is 5.84 Å². The molecule has 1 aromatic carbocycles. The van der Waals surface area contributed by atoms with Crippen LogP contribution in [-0.2, 0) is 4.79 Å². The van der Waals surface area contributed by atoms with Crippen LogP contribution >= 0.6 is 0 Å². The Hall–Kier alpha value is -1.59. The van der Waals surface area contributed by atoms with Gasteiger partial charge in [0.05, 0.1) is 7.11 Å². The van der Waals surface area contributed by atoms with Crippen LogP contribution in [0.15, 0.2) is 18.2 Å². The first-order valence-electron chi connectivity index (χ1n) is 4.50. The maximum atomic E-state index is 11.2. The van der Waals surface area contributed by atoms with Crippen molar-refractivity contribution in [2.24, 2.45) is 11.6 Å². The van der Waals surface area contributed by atoms with E-state index in [9.17, 15) is 4.79 Å². The zero-order valence-corrected chi connectivity index (χ0v) is 8.78. The molecule has 0 bridgehead atoms. The SMILES string of the molecule is COc1ccc(C(N)C(=O)NN)cc1C. The van der Waals surface area contributed by atoms with Gasteiger partial charge in [-0.1, -0.05) is 12.1 Å². The summed E-state index contributed by atoms with van der Waals surface area (Å²) in [7, 11) is 1.59. The normalized spacial score (nSPS) is 12.0. The summed E-state index contributed by atoms with van der Waals surface area (Å²) in [5, 5.41) is 0. The molecule has 1 amide bonds. The predicted octanol–water partition coefficient (Wildman–Crippen LogP) is -0.00668. The molecule has 0 aromatic heterocycles. The third-order valence-electron chi connectivity index (χ3n) is 2.20. The number of methoxy groups -OCH3 is 1. The number of aryl methyl sites for hydroxylation is 1. The molecule has 15 heavy (non-hydrogen) atoms. The lowest BCUT2D eigenvalue weighted by Crippen LogP contribution is -2.38. The Kier molecular flexibility index (Phi) is 3.65. The molecule has 0 aliphatic heterocycles. The Bertz CT molecular complexity index is 366. The van der Waals surface area contributed by atoms with E-state index in [1.54, 1.807) is 25.3 Å². The summed E-state index contributed by atoms with van der Waals surface area (Å²) >= 11 is 0. The lowest BCUT2D eigenvalue weighted by molar-refractivity contribution is -0.122. The lowest BCUT2D eigenvalue weighted by Gasteiger charge is -2.12. The predicted molar refractivity (Wildman–Crippen MR) is 57.0 cm³/mol. The number of carbonyl (C=O) groups excluding carboxylic acids is 1. The summed E-state index contributed by atoms with van der Waals surface area (Å²) in [5.41, 5.74) is 9.32. The van der Waals surface area contributed by atoms with Crippen molar-refractivity contribution in [1.29, 1.82) is 0 Å². The number of nitrogens with one attached hydrogen (secondary N) is 1. The Morgan fingerprint density at radius 1 is 1.53 bits per heavy atom. The van der Waals surface area contributed by atoms with Crippen molar-refractivity contribution in [3.63, 3.8) is 0 Å². The molecule has 1 unspecified atom stereocenters. The molecule has 82 valence electrons. The van der Waals surface area contributed by atoms with Gasteiger partial charge in [-0.3, -0.25) is 10.2 Å². The zero-order valence-electron chi connectivity index (χ0n) is 8.78. The van der Waals surface area contributed by atoms with Gasteiger partial charge in [0.2, 0.25) is 0 Å². The average Bonchev–Trinajstić information content (AvgIpc) is 2.26. The molecule has 5 N–H and O–H groups in total. The maximum Gasteiger partial charge on any atom is 0.255 e. The highest BCUT2D eigenvalue weighted by Gasteiger charge is 2.15. The van der Waals surface area contributed by atoms with E-state index >= 15 is 0 Å². The third-order valence-corrected chi connectivity index (χ3v) is 2.20. The molecule has 0 fully saturated rings. The van der Waals surface area contributed by atoms with E-state index in [4.69, 9.17) is 16.3 Å². The van der Waals surface area contributed by atoms with Gasteiger partial charge in [0.15, 0.2) is 0 Å². The van der Waals surface area contributed by atoms with Crippen molar-refractivity contribution < 1.29 is 9.53 Å². The number of carbonyl (C=O) groups is 1. The van der Waals surface area contributed by atoms with Gasteiger partial charge in [0.25, 0.3) is 5.91 Å². The number of rotatable bonds is 3. The summed E-state index contributed by atoms with van der Waals surface area (Å²) < 4.78 is 5.10. The third kappa shape index (κ3) is 2.45. The fraction of sp³-hybridized carbons (Fsp3) is 0.300. The van der Waals surface area contributed by atoms with Crippen LogP contribution in [0.4, 0.5) is 0 Å². The first-order valence-corrected chi connectivity index (χ1v) is 4.50. The first kappa shape index (κ1) is 11.5. The van der Waals surface area contributed by atoms with E-state index in [1.165, 1.54) is 0 Å². The number of hydrazine groups is 1. The van der Waals surface area contributed by atoms with Crippen LogP contribution in [0.3, 0.4) is 0 Å². The second-order valence-electron chi connectivity index (χ2n) is 3.22. The lowest BCUT2D eigenvalue weighted by atomic mass is 10.0. The molecule has 1 aromatic rings. The molecular weight excluding hydrogens is 194 g/mol. The van der Waals surface area contributed by atoms with Gasteiger partial charge in [-0.05, 0) is 24.1 Å². The highest BCUT2D eigenvalue weighted by Crippen LogP contribution is 2.21. The standard InChI is InChI=1S/C10H15N3O2/c1-6-5-7(3-4-8(6)15-2)9(11)10(14)13-12/h3-5,9H,11-12H2,1-2H3,(H,13,14). The van der Waals surface area contributed by atoms with E-state index < -0.39 is 11.9 Å². The van der Waals surface area contributed by atoms with Crippen molar-refractivity contribution in [3.8, 4) is 5.75 Å². The Morgan fingerprint density at radius 3 is 2.67 bits per heavy atom. The Morgan fingerprint density at radius 2 is 2.20 bits per heavy atom. The van der Waals surface area contributed by atoms with E-state index in [-0.39, 0.29) is 0 Å². The number of amides is 1. The van der Waals surface area contributed by atoms with Crippen molar-refractivity contribution >= 4 is 5.91 Å². The van der Waals surface area contributed by atoms with Crippen LogP contribution in [0.5, 0.6) is 5.75 Å². The highest BCUT2D eigenvalue weighted by molar-refractivity contribution is 5.82. The van der Waals surface area contributed by atoms with Crippen LogP contribution in [0.25, 0.3) is 0 Å². The van der Waals surface area contributed by atoms with Gasteiger partial charge < -0.3 is 10.5 Å². The topological polar surface area (TPSA) is 90.4 Å². The molecule has 5 nitrogen and oxygen atoms in total. The minimum Gasteiger partial charge on any atom is -0.496 e. The van der Waals surface area contributed by atoms with Crippen LogP contribution < -0.4 is 21.7 Å². The molecule has 5 heteroatoms. The second-order valence-corrected chi connectivity index (χ2v) is 3.22. The van der Waals surface area contributed by atoms with Gasteiger partial charge in [0, 0.05) is 0 Å². The molecule has 0 radical (unpaired) electrons. The van der Waals surface area contributed by atoms with E-state index in [1.807, 2.05) is 12.3 Å². The van der Waals surface area contributed by atoms with Crippen LogP contribution in [0.2, 0.25) is 0 Å². The molecule has 1 rings (SSSR count). The quantitative estimate of drug-likeness (QED) is 0.371. The number of nitrogens with two attached hydrogens (primary N) is 2. The largest absolute Gasteiger partial charge is 0.496 e. The fourth-order valence-corrected chi connectivity index (χ4v) is 1.34. The van der Waals surface area contributed by atoms with Gasteiger partial charge in [-0.2, -0.15) is 0 Å². The Balaban J connectivity index is 2.97. The monoisotopic (exact) mass is 209 g/mol. The fourth-order valence-electron chi connectivity index (χ4n) is 1.34. The van der Waals surface area contributed by atoms with Crippen molar-refractivity contribution in [3.05, 3.63) is 29.3 Å². The molecule has 0 saturated carbocycles. The van der Waals surface area contributed by atoms with Crippen molar-refractivity contribution in [1.82, 2.24) is 5.43 Å². The van der Waals surface area contributed by atoms with Gasteiger partial charge >= 0.3 is 0 Å². The minimum atomic E-state index is -0.750. The summed E-state index contributed by atoms with van der Waals surface area (Å²) in [6, 6.07) is 4.57. The minimum absolute atomic E-state index is 0.417. The smallest absolute Gasteiger partial charge is 0.255 e. The summed E-state index contributed by atoms with van der Waals surface area (Å²) in [6.07, 6.45) is 0. The summed E-state index contributed by atoms with van der Waals surface area (Å²) in [6.45, 7) is 1.88. The van der Waals surface area contributed by atoms with Crippen LogP contribution in [0, 0.1) is 6.92 Å². The second kappa shape index (κ2) is 4.77. The van der Waals surface area contributed by atoms with Gasteiger partial charge in [0.1, 0.15) is 11.8 Å². The van der Waals surface area contributed by atoms with Crippen molar-refractivity contribution in [2.75, 3.05) is 7.11 Å². The van der Waals surface area contributed by atoms with Gasteiger partial charge in [-0.15, -0.1) is 0 Å². The number of hydrogen-bond acceptors (Lipinski definition) is 4. The van der Waals surface area contributed by atoms with Crippen LogP contribution in [0.1, 0.15) is 17.2 Å². The van der Waals surface area contributed by atoms with E-state index in [0.29, 0.717) is 5.56 Å². The van der Waals surface area contributed by atoms with Crippen molar-refractivity contribution in [2.45, 2.75) is 13.0 Å². The molecular formula is C10H15N3O2. The van der Waals surface area contributed by atoms with Crippen LogP contribution in [-0.4, -0.2) is 13.0 Å². The highest BCUT2D eigenvalue weighted by atomic mass is 16.5.